The fourth-order valence-electron chi connectivity index (χ4n) is 2.97. The van der Waals surface area contributed by atoms with Crippen LogP contribution in [-0.2, 0) is 4.74 Å². The van der Waals surface area contributed by atoms with E-state index in [1.165, 1.54) is 0 Å². The number of ether oxygens (including phenoxy) is 2. The molecule has 0 unspecified atom stereocenters. The third-order valence-electron chi connectivity index (χ3n) is 4.34. The highest BCUT2D eigenvalue weighted by molar-refractivity contribution is 5.83. The predicted molar refractivity (Wildman–Crippen MR) is 86.2 cm³/mol. The molecule has 4 atom stereocenters. The van der Waals surface area contributed by atoms with E-state index in [1.807, 2.05) is 18.2 Å². The van der Waals surface area contributed by atoms with Crippen molar-refractivity contribution >= 4 is 10.9 Å². The van der Waals surface area contributed by atoms with Crippen molar-refractivity contribution in [3.05, 3.63) is 36.0 Å². The van der Waals surface area contributed by atoms with Gasteiger partial charge in [0.05, 0.1) is 31.5 Å². The average Bonchev–Trinajstić information content (AvgIpc) is 2.60. The molecule has 2 heterocycles. The Morgan fingerprint density at radius 3 is 2.87 bits per heavy atom. The van der Waals surface area contributed by atoms with Gasteiger partial charge in [0.25, 0.3) is 0 Å². The molecule has 2 aromatic rings. The molecule has 0 amide bonds. The second kappa shape index (κ2) is 6.80. The Kier molecular flexibility index (Phi) is 4.77. The molecular weight excluding hydrogens is 296 g/mol. The van der Waals surface area contributed by atoms with Crippen LogP contribution in [0, 0.1) is 0 Å². The second-order valence-electron chi connectivity index (χ2n) is 5.93. The number of benzene rings is 1. The maximum atomic E-state index is 10.6. The molecule has 1 aromatic heterocycles. The van der Waals surface area contributed by atoms with Gasteiger partial charge in [-0.3, -0.25) is 4.98 Å². The number of hydrogen-bond acceptors (Lipinski definition) is 6. The van der Waals surface area contributed by atoms with Crippen LogP contribution in [0.25, 0.3) is 10.9 Å². The first-order valence-electron chi connectivity index (χ1n) is 7.76. The maximum absolute atomic E-state index is 10.6. The highest BCUT2D eigenvalue weighted by atomic mass is 16.5. The molecule has 1 aliphatic heterocycles. The fraction of sp³-hybridized carbons (Fsp3) is 0.471. The molecule has 1 aliphatic rings. The van der Waals surface area contributed by atoms with Gasteiger partial charge in [-0.05, 0) is 30.5 Å². The Morgan fingerprint density at radius 2 is 2.17 bits per heavy atom. The van der Waals surface area contributed by atoms with Crippen molar-refractivity contribution in [2.24, 2.45) is 5.73 Å². The van der Waals surface area contributed by atoms with Crippen molar-refractivity contribution in [1.29, 1.82) is 0 Å². The van der Waals surface area contributed by atoms with Crippen LogP contribution >= 0.6 is 0 Å². The summed E-state index contributed by atoms with van der Waals surface area (Å²) in [6, 6.07) is 7.26. The second-order valence-corrected chi connectivity index (χ2v) is 5.93. The molecular formula is C17H22N2O4. The van der Waals surface area contributed by atoms with Gasteiger partial charge in [0.15, 0.2) is 0 Å². The monoisotopic (exact) mass is 318 g/mol. The van der Waals surface area contributed by atoms with E-state index in [0.717, 1.165) is 17.3 Å². The molecule has 4 N–H and O–H groups in total. The van der Waals surface area contributed by atoms with Gasteiger partial charge in [0, 0.05) is 11.4 Å². The summed E-state index contributed by atoms with van der Waals surface area (Å²) in [4.78, 5) is 4.31. The zero-order chi connectivity index (χ0) is 16.4. The van der Waals surface area contributed by atoms with Gasteiger partial charge in [-0.2, -0.15) is 0 Å². The Hall–Kier alpha value is -1.73. The number of hydrogen-bond donors (Lipinski definition) is 3. The lowest BCUT2D eigenvalue weighted by atomic mass is 9.93. The van der Waals surface area contributed by atoms with Gasteiger partial charge >= 0.3 is 0 Å². The summed E-state index contributed by atoms with van der Waals surface area (Å²) in [6.07, 6.45) is 0.538. The van der Waals surface area contributed by atoms with Crippen molar-refractivity contribution in [2.45, 2.75) is 37.2 Å². The van der Waals surface area contributed by atoms with E-state index in [9.17, 15) is 10.2 Å². The topological polar surface area (TPSA) is 97.8 Å². The minimum atomic E-state index is -1.06. The van der Waals surface area contributed by atoms with Crippen LogP contribution in [0.4, 0.5) is 0 Å². The number of aliphatic hydroxyl groups excluding tert-OH is 2. The molecule has 1 aromatic carbocycles. The van der Waals surface area contributed by atoms with Crippen molar-refractivity contribution in [1.82, 2.24) is 4.98 Å². The van der Waals surface area contributed by atoms with E-state index in [-0.39, 0.29) is 6.04 Å². The SMILES string of the molecule is COc1cnc2cccc([C@@H](O)[C@@H](O)[C@@H]3CC[C@@H](N)CO3)c2c1. The largest absolute Gasteiger partial charge is 0.495 e. The Bertz CT molecular complexity index is 671. The van der Waals surface area contributed by atoms with Crippen LogP contribution in [-0.4, -0.2) is 47.2 Å². The van der Waals surface area contributed by atoms with Crippen molar-refractivity contribution in [2.75, 3.05) is 13.7 Å². The number of fused-ring (bicyclic) bond motifs is 1. The van der Waals surface area contributed by atoms with Crippen LogP contribution in [0.3, 0.4) is 0 Å². The molecule has 6 nitrogen and oxygen atoms in total. The van der Waals surface area contributed by atoms with Gasteiger partial charge in [0.2, 0.25) is 0 Å². The van der Waals surface area contributed by atoms with E-state index in [2.05, 4.69) is 4.98 Å². The minimum Gasteiger partial charge on any atom is -0.495 e. The number of pyridine rings is 1. The molecule has 3 rings (SSSR count). The molecule has 23 heavy (non-hydrogen) atoms. The average molecular weight is 318 g/mol. The summed E-state index contributed by atoms with van der Waals surface area (Å²) in [5.74, 6) is 0.603. The zero-order valence-electron chi connectivity index (χ0n) is 13.1. The summed E-state index contributed by atoms with van der Waals surface area (Å²) in [7, 11) is 1.57. The first-order chi connectivity index (χ1) is 11.1. The molecule has 124 valence electrons. The van der Waals surface area contributed by atoms with Crippen LogP contribution in [0.5, 0.6) is 5.75 Å². The van der Waals surface area contributed by atoms with Gasteiger partial charge in [-0.1, -0.05) is 12.1 Å². The number of methoxy groups -OCH3 is 1. The standard InChI is InChI=1S/C17H22N2O4/c1-22-11-7-13-12(3-2-4-14(13)19-8-11)16(20)17(21)15-6-5-10(18)9-23-15/h2-4,7-8,10,15-17,20-21H,5-6,9,18H2,1H3/t10-,15+,16-,17+/m1/s1. The smallest absolute Gasteiger partial charge is 0.137 e. The number of aromatic nitrogens is 1. The molecule has 0 radical (unpaired) electrons. The number of nitrogens with two attached hydrogens (primary N) is 1. The van der Waals surface area contributed by atoms with Crippen LogP contribution < -0.4 is 10.5 Å². The maximum Gasteiger partial charge on any atom is 0.137 e. The van der Waals surface area contributed by atoms with Gasteiger partial charge < -0.3 is 25.4 Å². The summed E-state index contributed by atoms with van der Waals surface area (Å²) in [5.41, 5.74) is 7.15. The van der Waals surface area contributed by atoms with E-state index in [0.29, 0.717) is 24.3 Å². The molecule has 0 spiro atoms. The lowest BCUT2D eigenvalue weighted by molar-refractivity contribution is -0.111. The van der Waals surface area contributed by atoms with Crippen molar-refractivity contribution in [3.63, 3.8) is 0 Å². The molecule has 6 heteroatoms. The third kappa shape index (κ3) is 3.30. The quantitative estimate of drug-likeness (QED) is 0.782. The van der Waals surface area contributed by atoms with Crippen molar-refractivity contribution < 1.29 is 19.7 Å². The molecule has 0 bridgehead atoms. The van der Waals surface area contributed by atoms with E-state index in [4.69, 9.17) is 15.2 Å². The van der Waals surface area contributed by atoms with Crippen LogP contribution in [0.1, 0.15) is 24.5 Å². The van der Waals surface area contributed by atoms with Crippen LogP contribution in [0.15, 0.2) is 30.5 Å². The first kappa shape index (κ1) is 16.1. The van der Waals surface area contributed by atoms with E-state index in [1.54, 1.807) is 19.4 Å². The number of rotatable bonds is 4. The summed E-state index contributed by atoms with van der Waals surface area (Å²) in [6.45, 7) is 0.402. The van der Waals surface area contributed by atoms with Crippen molar-refractivity contribution in [3.8, 4) is 5.75 Å². The van der Waals surface area contributed by atoms with E-state index >= 15 is 0 Å². The summed E-state index contributed by atoms with van der Waals surface area (Å²) in [5, 5.41) is 21.9. The highest BCUT2D eigenvalue weighted by Gasteiger charge is 2.32. The Labute approximate surface area is 134 Å². The van der Waals surface area contributed by atoms with E-state index < -0.39 is 18.3 Å². The third-order valence-corrected chi connectivity index (χ3v) is 4.34. The molecule has 1 saturated heterocycles. The Balaban J connectivity index is 1.89. The molecule has 0 saturated carbocycles. The summed E-state index contributed by atoms with van der Waals surface area (Å²) >= 11 is 0. The Morgan fingerprint density at radius 1 is 1.35 bits per heavy atom. The molecule has 1 fully saturated rings. The van der Waals surface area contributed by atoms with Gasteiger partial charge in [-0.15, -0.1) is 0 Å². The number of aliphatic hydroxyl groups is 2. The number of nitrogens with zero attached hydrogens (tertiary/aromatic N) is 1. The predicted octanol–water partition coefficient (Wildman–Crippen LogP) is 1.14. The summed E-state index contributed by atoms with van der Waals surface area (Å²) < 4.78 is 10.8. The first-order valence-corrected chi connectivity index (χ1v) is 7.76. The minimum absolute atomic E-state index is 0.00149. The van der Waals surface area contributed by atoms with Gasteiger partial charge in [0.1, 0.15) is 18.0 Å². The molecule has 0 aliphatic carbocycles. The highest BCUT2D eigenvalue weighted by Crippen LogP contribution is 2.31. The lowest BCUT2D eigenvalue weighted by Gasteiger charge is -2.32. The normalized spacial score (nSPS) is 24.3. The zero-order valence-corrected chi connectivity index (χ0v) is 13.1. The van der Waals surface area contributed by atoms with Gasteiger partial charge in [-0.25, -0.2) is 0 Å². The van der Waals surface area contributed by atoms with Crippen LogP contribution in [0.2, 0.25) is 0 Å². The fourth-order valence-corrected chi connectivity index (χ4v) is 2.97. The lowest BCUT2D eigenvalue weighted by Crippen LogP contribution is -2.43.